The van der Waals surface area contributed by atoms with Crippen LogP contribution in [0.4, 0.5) is 5.69 Å². The molecule has 1 aliphatic heterocycles. The molecule has 160 valence electrons. The Morgan fingerprint density at radius 3 is 2.60 bits per heavy atom. The molecule has 0 aliphatic carbocycles. The fraction of sp³-hybridized carbons (Fsp3) is 0.364. The van der Waals surface area contributed by atoms with Crippen molar-refractivity contribution in [1.29, 1.82) is 0 Å². The summed E-state index contributed by atoms with van der Waals surface area (Å²) in [7, 11) is 0. The predicted octanol–water partition coefficient (Wildman–Crippen LogP) is 3.64. The SMILES string of the molecule is CCOc1cc(C(=O)OCC(=O)Nc2ccc3c(c2)OCO3)ccc1OCC(C)C. The Morgan fingerprint density at radius 2 is 1.83 bits per heavy atom. The van der Waals surface area contributed by atoms with Crippen molar-refractivity contribution in [3.05, 3.63) is 42.0 Å². The summed E-state index contributed by atoms with van der Waals surface area (Å²) in [6.07, 6.45) is 0. The van der Waals surface area contributed by atoms with Crippen molar-refractivity contribution in [2.75, 3.05) is 31.9 Å². The summed E-state index contributed by atoms with van der Waals surface area (Å²) in [6.45, 7) is 6.61. The second-order valence-electron chi connectivity index (χ2n) is 6.99. The Morgan fingerprint density at radius 1 is 1.03 bits per heavy atom. The number of nitrogens with one attached hydrogen (secondary N) is 1. The van der Waals surface area contributed by atoms with E-state index in [-0.39, 0.29) is 12.4 Å². The molecule has 0 saturated carbocycles. The maximum absolute atomic E-state index is 12.4. The van der Waals surface area contributed by atoms with Gasteiger partial charge in [0.2, 0.25) is 6.79 Å². The highest BCUT2D eigenvalue weighted by molar-refractivity contribution is 5.96. The lowest BCUT2D eigenvalue weighted by Gasteiger charge is -2.14. The molecule has 0 saturated heterocycles. The Balaban J connectivity index is 1.57. The van der Waals surface area contributed by atoms with Gasteiger partial charge in [-0.1, -0.05) is 13.8 Å². The van der Waals surface area contributed by atoms with E-state index in [1.165, 1.54) is 0 Å². The first kappa shape index (κ1) is 21.3. The van der Waals surface area contributed by atoms with E-state index >= 15 is 0 Å². The maximum Gasteiger partial charge on any atom is 0.338 e. The number of carbonyl (C=O) groups excluding carboxylic acids is 2. The minimum Gasteiger partial charge on any atom is -0.490 e. The van der Waals surface area contributed by atoms with Gasteiger partial charge in [0.15, 0.2) is 29.6 Å². The van der Waals surface area contributed by atoms with Crippen LogP contribution in [0.25, 0.3) is 0 Å². The summed E-state index contributed by atoms with van der Waals surface area (Å²) in [5.74, 6) is 1.43. The van der Waals surface area contributed by atoms with Crippen molar-refractivity contribution in [2.45, 2.75) is 20.8 Å². The van der Waals surface area contributed by atoms with E-state index in [0.29, 0.717) is 47.8 Å². The van der Waals surface area contributed by atoms with E-state index in [9.17, 15) is 9.59 Å². The molecule has 0 radical (unpaired) electrons. The maximum atomic E-state index is 12.4. The summed E-state index contributed by atoms with van der Waals surface area (Å²) in [6, 6.07) is 9.82. The van der Waals surface area contributed by atoms with Crippen molar-refractivity contribution in [3.8, 4) is 23.0 Å². The van der Waals surface area contributed by atoms with Crippen LogP contribution in [-0.2, 0) is 9.53 Å². The quantitative estimate of drug-likeness (QED) is 0.625. The molecular weight excluding hydrogens is 390 g/mol. The summed E-state index contributed by atoms with van der Waals surface area (Å²) in [4.78, 5) is 24.5. The molecule has 0 fully saturated rings. The molecule has 0 aromatic heterocycles. The van der Waals surface area contributed by atoms with E-state index in [1.54, 1.807) is 36.4 Å². The first-order valence-electron chi connectivity index (χ1n) is 9.72. The third kappa shape index (κ3) is 5.56. The molecule has 2 aromatic rings. The third-order valence-corrected chi connectivity index (χ3v) is 4.04. The number of ether oxygens (including phenoxy) is 5. The second-order valence-corrected chi connectivity index (χ2v) is 6.99. The molecule has 8 nitrogen and oxygen atoms in total. The van der Waals surface area contributed by atoms with Crippen molar-refractivity contribution in [2.24, 2.45) is 5.92 Å². The van der Waals surface area contributed by atoms with Crippen LogP contribution in [0.3, 0.4) is 0 Å². The lowest BCUT2D eigenvalue weighted by Crippen LogP contribution is -2.21. The molecule has 0 unspecified atom stereocenters. The fourth-order valence-electron chi connectivity index (χ4n) is 2.66. The van der Waals surface area contributed by atoms with Gasteiger partial charge in [-0.05, 0) is 43.2 Å². The van der Waals surface area contributed by atoms with Gasteiger partial charge >= 0.3 is 5.97 Å². The largest absolute Gasteiger partial charge is 0.490 e. The lowest BCUT2D eigenvalue weighted by atomic mass is 10.2. The first-order chi connectivity index (χ1) is 14.5. The average molecular weight is 415 g/mol. The standard InChI is InChI=1S/C22H25NO7/c1-4-26-19-9-15(5-7-17(19)27-11-14(2)3)22(25)28-12-21(24)23-16-6-8-18-20(10-16)30-13-29-18/h5-10,14H,4,11-13H2,1-3H3,(H,23,24). The third-order valence-electron chi connectivity index (χ3n) is 4.04. The van der Waals surface area contributed by atoms with E-state index in [2.05, 4.69) is 5.32 Å². The molecule has 8 heteroatoms. The Kier molecular flexibility index (Phi) is 7.00. The Hall–Kier alpha value is -3.42. The number of anilines is 1. The molecule has 0 atom stereocenters. The van der Waals surface area contributed by atoms with Crippen LogP contribution in [0.15, 0.2) is 36.4 Å². The number of carbonyl (C=O) groups is 2. The van der Waals surface area contributed by atoms with E-state index in [4.69, 9.17) is 23.7 Å². The van der Waals surface area contributed by atoms with Gasteiger partial charge in [0.1, 0.15) is 0 Å². The normalized spacial score (nSPS) is 11.9. The van der Waals surface area contributed by atoms with Crippen molar-refractivity contribution in [1.82, 2.24) is 0 Å². The topological polar surface area (TPSA) is 92.3 Å². The highest BCUT2D eigenvalue weighted by atomic mass is 16.7. The molecule has 2 aromatic carbocycles. The highest BCUT2D eigenvalue weighted by Crippen LogP contribution is 2.34. The molecule has 0 spiro atoms. The Labute approximate surface area is 175 Å². The van der Waals surface area contributed by atoms with E-state index < -0.39 is 18.5 Å². The van der Waals surface area contributed by atoms with E-state index in [1.807, 2.05) is 20.8 Å². The first-order valence-corrected chi connectivity index (χ1v) is 9.72. The monoisotopic (exact) mass is 415 g/mol. The predicted molar refractivity (Wildman–Crippen MR) is 109 cm³/mol. The second kappa shape index (κ2) is 9.87. The fourth-order valence-corrected chi connectivity index (χ4v) is 2.66. The zero-order valence-electron chi connectivity index (χ0n) is 17.2. The van der Waals surface area contributed by atoms with Crippen LogP contribution in [-0.4, -0.2) is 38.5 Å². The smallest absolute Gasteiger partial charge is 0.338 e. The van der Waals surface area contributed by atoms with Crippen LogP contribution in [0.1, 0.15) is 31.1 Å². The summed E-state index contributed by atoms with van der Waals surface area (Å²) in [5, 5.41) is 2.65. The van der Waals surface area contributed by atoms with Gasteiger partial charge in [0.25, 0.3) is 5.91 Å². The lowest BCUT2D eigenvalue weighted by molar-refractivity contribution is -0.119. The Bertz CT molecular complexity index is 910. The molecule has 1 N–H and O–H groups in total. The van der Waals surface area contributed by atoms with Crippen LogP contribution < -0.4 is 24.3 Å². The van der Waals surface area contributed by atoms with Gasteiger partial charge in [0.05, 0.1) is 18.8 Å². The molecular formula is C22H25NO7. The van der Waals surface area contributed by atoms with Gasteiger partial charge in [-0.2, -0.15) is 0 Å². The highest BCUT2D eigenvalue weighted by Gasteiger charge is 2.17. The van der Waals surface area contributed by atoms with Gasteiger partial charge in [0, 0.05) is 11.8 Å². The van der Waals surface area contributed by atoms with Gasteiger partial charge in [-0.3, -0.25) is 4.79 Å². The van der Waals surface area contributed by atoms with Crippen LogP contribution >= 0.6 is 0 Å². The number of esters is 1. The summed E-state index contributed by atoms with van der Waals surface area (Å²) >= 11 is 0. The number of benzene rings is 2. The number of hydrogen-bond acceptors (Lipinski definition) is 7. The number of hydrogen-bond donors (Lipinski definition) is 1. The summed E-state index contributed by atoms with van der Waals surface area (Å²) < 4.78 is 26.9. The van der Waals surface area contributed by atoms with Crippen LogP contribution in [0, 0.1) is 5.92 Å². The van der Waals surface area contributed by atoms with Crippen LogP contribution in [0.5, 0.6) is 23.0 Å². The van der Waals surface area contributed by atoms with Gasteiger partial charge in [-0.15, -0.1) is 0 Å². The molecule has 1 amide bonds. The summed E-state index contributed by atoms with van der Waals surface area (Å²) in [5.41, 5.74) is 0.789. The zero-order chi connectivity index (χ0) is 21.5. The minimum atomic E-state index is -0.632. The zero-order valence-corrected chi connectivity index (χ0v) is 17.2. The number of amides is 1. The molecule has 3 rings (SSSR count). The molecule has 1 heterocycles. The number of fused-ring (bicyclic) bond motifs is 1. The van der Waals surface area contributed by atoms with Crippen molar-refractivity contribution < 1.29 is 33.3 Å². The van der Waals surface area contributed by atoms with Crippen molar-refractivity contribution >= 4 is 17.6 Å². The average Bonchev–Trinajstić information content (AvgIpc) is 3.19. The molecule has 30 heavy (non-hydrogen) atoms. The van der Waals surface area contributed by atoms with E-state index in [0.717, 1.165) is 0 Å². The number of rotatable bonds is 9. The molecule has 1 aliphatic rings. The van der Waals surface area contributed by atoms with Gasteiger partial charge in [-0.25, -0.2) is 4.79 Å². The minimum absolute atomic E-state index is 0.148. The van der Waals surface area contributed by atoms with Crippen LogP contribution in [0.2, 0.25) is 0 Å². The molecule has 0 bridgehead atoms. The van der Waals surface area contributed by atoms with Gasteiger partial charge < -0.3 is 29.0 Å². The van der Waals surface area contributed by atoms with Crippen molar-refractivity contribution in [3.63, 3.8) is 0 Å².